The monoisotopic (exact) mass is 223 g/mol. The van der Waals surface area contributed by atoms with Crippen LogP contribution in [0, 0.1) is 0 Å². The third-order valence-corrected chi connectivity index (χ3v) is 4.25. The molecular formula is C12H17NOS. The normalized spacial score (nSPS) is 23.9. The topological polar surface area (TPSA) is 21.3 Å². The Morgan fingerprint density at radius 1 is 1.47 bits per heavy atom. The minimum atomic E-state index is 0.602. The molecule has 1 aliphatic rings. The lowest BCUT2D eigenvalue weighted by atomic mass is 9.96. The zero-order valence-corrected chi connectivity index (χ0v) is 10.2. The Morgan fingerprint density at radius 2 is 2.27 bits per heavy atom. The number of rotatable bonds is 3. The lowest BCUT2D eigenvalue weighted by molar-refractivity contribution is 0.413. The second-order valence-corrected chi connectivity index (χ2v) is 5.31. The van der Waals surface area contributed by atoms with Crippen LogP contribution in [0.2, 0.25) is 0 Å². The molecule has 82 valence electrons. The standard InChI is InChI=1S/C12H17NOS/c1-8-11(7-13-2)10-6-9(14-3)4-5-12(10)15-8/h4-6,8,11,13H,7H2,1-3H3. The van der Waals surface area contributed by atoms with Crippen LogP contribution in [0.25, 0.3) is 0 Å². The van der Waals surface area contributed by atoms with Crippen LogP contribution in [0.3, 0.4) is 0 Å². The molecule has 0 aromatic heterocycles. The molecule has 2 unspecified atom stereocenters. The number of ether oxygens (including phenoxy) is 1. The molecule has 0 aliphatic carbocycles. The fraction of sp³-hybridized carbons (Fsp3) is 0.500. The average molecular weight is 223 g/mol. The molecule has 0 spiro atoms. The van der Waals surface area contributed by atoms with Crippen LogP contribution in [-0.4, -0.2) is 26.0 Å². The van der Waals surface area contributed by atoms with Crippen molar-refractivity contribution >= 4 is 11.8 Å². The summed E-state index contributed by atoms with van der Waals surface area (Å²) in [6, 6.07) is 6.39. The summed E-state index contributed by atoms with van der Waals surface area (Å²) in [7, 11) is 3.73. The highest BCUT2D eigenvalue weighted by atomic mass is 32.2. The van der Waals surface area contributed by atoms with E-state index in [0.717, 1.165) is 12.3 Å². The van der Waals surface area contributed by atoms with E-state index in [0.29, 0.717) is 11.2 Å². The van der Waals surface area contributed by atoms with Gasteiger partial charge < -0.3 is 10.1 Å². The van der Waals surface area contributed by atoms with Crippen molar-refractivity contribution in [1.29, 1.82) is 0 Å². The molecule has 0 amide bonds. The zero-order chi connectivity index (χ0) is 10.8. The summed E-state index contributed by atoms with van der Waals surface area (Å²) in [5.41, 5.74) is 1.43. The molecule has 0 fully saturated rings. The second kappa shape index (κ2) is 4.45. The molecule has 1 aliphatic heterocycles. The van der Waals surface area contributed by atoms with Crippen LogP contribution in [-0.2, 0) is 0 Å². The highest BCUT2D eigenvalue weighted by molar-refractivity contribution is 8.00. The molecule has 1 aromatic rings. The number of benzene rings is 1. The molecule has 0 saturated carbocycles. The van der Waals surface area contributed by atoms with Gasteiger partial charge in [-0.05, 0) is 30.8 Å². The number of likely N-dealkylation sites (N-methyl/N-ethyl adjacent to an activating group) is 1. The number of nitrogens with one attached hydrogen (secondary N) is 1. The van der Waals surface area contributed by atoms with E-state index >= 15 is 0 Å². The molecular weight excluding hydrogens is 206 g/mol. The highest BCUT2D eigenvalue weighted by Gasteiger charge is 2.29. The van der Waals surface area contributed by atoms with Crippen molar-refractivity contribution in [1.82, 2.24) is 5.32 Å². The number of hydrogen-bond donors (Lipinski definition) is 1. The van der Waals surface area contributed by atoms with Crippen molar-refractivity contribution < 1.29 is 4.74 Å². The average Bonchev–Trinajstić information content (AvgIpc) is 2.55. The van der Waals surface area contributed by atoms with Crippen LogP contribution in [0.4, 0.5) is 0 Å². The van der Waals surface area contributed by atoms with Crippen LogP contribution >= 0.6 is 11.8 Å². The van der Waals surface area contributed by atoms with Crippen LogP contribution in [0.1, 0.15) is 18.4 Å². The Labute approximate surface area is 95.4 Å². The van der Waals surface area contributed by atoms with E-state index in [4.69, 9.17) is 4.74 Å². The third kappa shape index (κ3) is 1.99. The zero-order valence-electron chi connectivity index (χ0n) is 9.41. The van der Waals surface area contributed by atoms with Gasteiger partial charge in [-0.15, -0.1) is 11.8 Å². The Bertz CT molecular complexity index is 353. The quantitative estimate of drug-likeness (QED) is 0.850. The summed E-state index contributed by atoms with van der Waals surface area (Å²) in [5, 5.41) is 3.92. The van der Waals surface area contributed by atoms with E-state index in [2.05, 4.69) is 24.4 Å². The summed E-state index contributed by atoms with van der Waals surface area (Å²) in [4.78, 5) is 1.41. The van der Waals surface area contributed by atoms with Gasteiger partial charge in [-0.25, -0.2) is 0 Å². The molecule has 0 radical (unpaired) electrons. The maximum Gasteiger partial charge on any atom is 0.119 e. The number of fused-ring (bicyclic) bond motifs is 1. The van der Waals surface area contributed by atoms with Gasteiger partial charge >= 0.3 is 0 Å². The van der Waals surface area contributed by atoms with E-state index in [1.807, 2.05) is 24.9 Å². The van der Waals surface area contributed by atoms with Gasteiger partial charge in [0.05, 0.1) is 7.11 Å². The Hall–Kier alpha value is -0.670. The summed E-state index contributed by atoms with van der Waals surface area (Å²) in [6.45, 7) is 3.33. The van der Waals surface area contributed by atoms with Gasteiger partial charge in [-0.2, -0.15) is 0 Å². The fourth-order valence-corrected chi connectivity index (χ4v) is 3.38. The maximum atomic E-state index is 5.27. The smallest absolute Gasteiger partial charge is 0.119 e. The molecule has 15 heavy (non-hydrogen) atoms. The van der Waals surface area contributed by atoms with Crippen LogP contribution in [0.5, 0.6) is 5.75 Å². The second-order valence-electron chi connectivity index (χ2n) is 3.89. The molecule has 2 atom stereocenters. The lowest BCUT2D eigenvalue weighted by Gasteiger charge is -2.15. The van der Waals surface area contributed by atoms with E-state index in [-0.39, 0.29) is 0 Å². The number of hydrogen-bond acceptors (Lipinski definition) is 3. The van der Waals surface area contributed by atoms with Crippen LogP contribution in [0.15, 0.2) is 23.1 Å². The molecule has 1 N–H and O–H groups in total. The van der Waals surface area contributed by atoms with E-state index < -0.39 is 0 Å². The summed E-state index contributed by atoms with van der Waals surface area (Å²) >= 11 is 1.96. The van der Waals surface area contributed by atoms with Crippen molar-refractivity contribution in [2.45, 2.75) is 23.0 Å². The van der Waals surface area contributed by atoms with Gasteiger partial charge in [0.25, 0.3) is 0 Å². The van der Waals surface area contributed by atoms with Crippen molar-refractivity contribution in [3.05, 3.63) is 23.8 Å². The number of thioether (sulfide) groups is 1. The third-order valence-electron chi connectivity index (χ3n) is 2.92. The minimum absolute atomic E-state index is 0.602. The molecule has 1 heterocycles. The molecule has 0 saturated heterocycles. The van der Waals surface area contributed by atoms with Crippen molar-refractivity contribution in [2.75, 3.05) is 20.7 Å². The van der Waals surface area contributed by atoms with Gasteiger partial charge in [0.15, 0.2) is 0 Å². The first-order chi connectivity index (χ1) is 7.26. The van der Waals surface area contributed by atoms with E-state index in [9.17, 15) is 0 Å². The van der Waals surface area contributed by atoms with Crippen molar-refractivity contribution in [3.63, 3.8) is 0 Å². The van der Waals surface area contributed by atoms with E-state index in [1.54, 1.807) is 7.11 Å². The predicted octanol–water partition coefficient (Wildman–Crippen LogP) is 2.49. The van der Waals surface area contributed by atoms with Gasteiger partial charge in [-0.1, -0.05) is 6.92 Å². The van der Waals surface area contributed by atoms with E-state index in [1.165, 1.54) is 10.5 Å². The highest BCUT2D eigenvalue weighted by Crippen LogP contribution is 2.45. The minimum Gasteiger partial charge on any atom is -0.497 e. The van der Waals surface area contributed by atoms with Gasteiger partial charge in [0.2, 0.25) is 0 Å². The first-order valence-corrected chi connectivity index (χ1v) is 6.13. The van der Waals surface area contributed by atoms with Crippen molar-refractivity contribution in [2.24, 2.45) is 0 Å². The molecule has 2 rings (SSSR count). The molecule has 0 bridgehead atoms. The van der Waals surface area contributed by atoms with Gasteiger partial charge in [-0.3, -0.25) is 0 Å². The summed E-state index contributed by atoms with van der Waals surface area (Å²) < 4.78 is 5.27. The summed E-state index contributed by atoms with van der Waals surface area (Å²) in [6.07, 6.45) is 0. The summed E-state index contributed by atoms with van der Waals surface area (Å²) in [5.74, 6) is 1.56. The van der Waals surface area contributed by atoms with Gasteiger partial charge in [0, 0.05) is 22.6 Å². The fourth-order valence-electron chi connectivity index (χ4n) is 2.08. The number of methoxy groups -OCH3 is 1. The lowest BCUT2D eigenvalue weighted by Crippen LogP contribution is -2.21. The first kappa shape index (κ1) is 10.8. The molecule has 1 aromatic carbocycles. The maximum absolute atomic E-state index is 5.27. The van der Waals surface area contributed by atoms with Crippen LogP contribution < -0.4 is 10.1 Å². The Kier molecular flexibility index (Phi) is 3.22. The Balaban J connectivity index is 2.32. The largest absolute Gasteiger partial charge is 0.497 e. The first-order valence-electron chi connectivity index (χ1n) is 5.25. The van der Waals surface area contributed by atoms with Crippen molar-refractivity contribution in [3.8, 4) is 5.75 Å². The molecule has 3 heteroatoms. The predicted molar refractivity (Wildman–Crippen MR) is 65.0 cm³/mol. The SMILES string of the molecule is CNCC1c2cc(OC)ccc2SC1C. The van der Waals surface area contributed by atoms with Gasteiger partial charge in [0.1, 0.15) is 5.75 Å². The Morgan fingerprint density at radius 3 is 2.93 bits per heavy atom. The molecule has 2 nitrogen and oxygen atoms in total.